The van der Waals surface area contributed by atoms with E-state index >= 15 is 0 Å². The predicted molar refractivity (Wildman–Crippen MR) is 415 cm³/mol. The molecule has 3 heterocycles. The zero-order valence-corrected chi connectivity index (χ0v) is 54.9. The molecule has 0 radical (unpaired) electrons. The molecule has 0 atom stereocenters. The second-order valence-electron chi connectivity index (χ2n) is 27.1. The first kappa shape index (κ1) is 58.4. The van der Waals surface area contributed by atoms with Gasteiger partial charge in [-0.3, -0.25) is 0 Å². The minimum Gasteiger partial charge on any atom is -0.455 e. The Bertz CT molecular complexity index is 5630. The second kappa shape index (κ2) is 23.9. The van der Waals surface area contributed by atoms with E-state index in [1.165, 1.54) is 38.6 Å². The van der Waals surface area contributed by atoms with Crippen molar-refractivity contribution < 1.29 is 4.42 Å². The number of anilines is 6. The van der Waals surface area contributed by atoms with Crippen molar-refractivity contribution in [1.82, 2.24) is 0 Å². The lowest BCUT2D eigenvalue weighted by molar-refractivity contribution is 0.590. The van der Waals surface area contributed by atoms with E-state index < -0.39 is 0 Å². The number of nitrogens with zero attached hydrogens (tertiary/aromatic N) is 2. The van der Waals surface area contributed by atoms with Crippen LogP contribution in [0.25, 0.3) is 122 Å². The average Bonchev–Trinajstić information content (AvgIpc) is 0.720. The van der Waals surface area contributed by atoms with Crippen LogP contribution in [-0.4, -0.2) is 6.71 Å². The molecule has 462 valence electrons. The summed E-state index contributed by atoms with van der Waals surface area (Å²) in [4.78, 5) is 5.35. The molecule has 16 aromatic rings. The predicted octanol–water partition coefficient (Wildman–Crippen LogP) is 24.0. The minimum absolute atomic E-state index is 0.243. The number of hydrogen-bond acceptors (Lipinski definition) is 3. The Labute approximate surface area is 573 Å². The highest BCUT2D eigenvalue weighted by molar-refractivity contribution is 7.00. The van der Waals surface area contributed by atoms with Crippen LogP contribution in [0.4, 0.5) is 34.1 Å². The molecule has 2 aliphatic heterocycles. The van der Waals surface area contributed by atoms with E-state index in [2.05, 4.69) is 382 Å². The van der Waals surface area contributed by atoms with Gasteiger partial charge in [0, 0.05) is 61.3 Å². The van der Waals surface area contributed by atoms with E-state index in [0.717, 1.165) is 140 Å². The molecule has 0 saturated heterocycles. The van der Waals surface area contributed by atoms with E-state index in [1.807, 2.05) is 0 Å². The molecule has 0 N–H and O–H groups in total. The maximum absolute atomic E-state index is 7.12. The third kappa shape index (κ3) is 10.1. The fourth-order valence-corrected chi connectivity index (χ4v) is 15.5. The van der Waals surface area contributed by atoms with E-state index in [-0.39, 0.29) is 12.1 Å². The molecule has 0 aliphatic carbocycles. The van der Waals surface area contributed by atoms with Gasteiger partial charge in [0.1, 0.15) is 11.2 Å². The summed E-state index contributed by atoms with van der Waals surface area (Å²) in [6.07, 6.45) is 0. The van der Waals surface area contributed by atoms with Gasteiger partial charge in [-0.2, -0.15) is 0 Å². The Morgan fingerprint density at radius 3 is 1.01 bits per heavy atom. The molecule has 0 saturated carbocycles. The molecule has 1 aromatic heterocycles. The molecule has 98 heavy (non-hydrogen) atoms. The number of fused-ring (bicyclic) bond motifs is 7. The third-order valence-corrected chi connectivity index (χ3v) is 20.2. The SMILES string of the molecule is CC(C)(C)c1cc2c3c(c1)N(c1c(-c4cccc(-c5ccccc5)c4)cccc1-c1cccc4c1oc1ccccc14)c1ccc(-c4ccccc4)cc1B3c1cc(-c3ccccc3)ccc1N2c1c(-c2cccc(-c3ccccc3)c2)cccc1-c1cccc(-c2ccccc2)c1. The summed E-state index contributed by atoms with van der Waals surface area (Å²) in [5.74, 6) is 0. The maximum Gasteiger partial charge on any atom is 0.252 e. The Hall–Kier alpha value is -12.2. The van der Waals surface area contributed by atoms with E-state index in [4.69, 9.17) is 4.42 Å². The number of rotatable bonds is 11. The normalized spacial score (nSPS) is 12.4. The van der Waals surface area contributed by atoms with Crippen molar-refractivity contribution in [3.63, 3.8) is 0 Å². The quantitative estimate of drug-likeness (QED) is 0.120. The zero-order chi connectivity index (χ0) is 65.4. The Balaban J connectivity index is 0.995. The van der Waals surface area contributed by atoms with Crippen LogP contribution in [0, 0.1) is 0 Å². The van der Waals surface area contributed by atoms with Gasteiger partial charge in [0.05, 0.1) is 11.4 Å². The lowest BCUT2D eigenvalue weighted by Crippen LogP contribution is -2.61. The van der Waals surface area contributed by atoms with Gasteiger partial charge in [-0.15, -0.1) is 0 Å². The van der Waals surface area contributed by atoms with Crippen LogP contribution in [0.15, 0.2) is 356 Å². The maximum atomic E-state index is 7.12. The van der Waals surface area contributed by atoms with Gasteiger partial charge in [-0.05, 0) is 148 Å². The highest BCUT2D eigenvalue weighted by Gasteiger charge is 2.46. The molecule has 0 amide bonds. The van der Waals surface area contributed by atoms with E-state index in [1.54, 1.807) is 0 Å². The minimum atomic E-state index is -0.324. The summed E-state index contributed by atoms with van der Waals surface area (Å²) >= 11 is 0. The zero-order valence-electron chi connectivity index (χ0n) is 54.9. The molecule has 18 rings (SSSR count). The number of hydrogen-bond donors (Lipinski definition) is 0. The Morgan fingerprint density at radius 1 is 0.255 bits per heavy atom. The van der Waals surface area contributed by atoms with Gasteiger partial charge in [-0.1, -0.05) is 324 Å². The fourth-order valence-electron chi connectivity index (χ4n) is 15.5. The topological polar surface area (TPSA) is 19.6 Å². The van der Waals surface area contributed by atoms with Crippen LogP contribution in [0.1, 0.15) is 26.3 Å². The Morgan fingerprint density at radius 2 is 0.582 bits per heavy atom. The molecule has 0 spiro atoms. The van der Waals surface area contributed by atoms with Crippen LogP contribution in [0.3, 0.4) is 0 Å². The number of benzene rings is 15. The summed E-state index contributed by atoms with van der Waals surface area (Å²) in [5.41, 5.74) is 33.4. The first-order chi connectivity index (χ1) is 48.3. The van der Waals surface area contributed by atoms with Crippen LogP contribution >= 0.6 is 0 Å². The molecule has 4 heteroatoms. The van der Waals surface area contributed by atoms with E-state index in [9.17, 15) is 0 Å². The van der Waals surface area contributed by atoms with Gasteiger partial charge in [-0.25, -0.2) is 0 Å². The summed E-state index contributed by atoms with van der Waals surface area (Å²) in [7, 11) is 0. The summed E-state index contributed by atoms with van der Waals surface area (Å²) in [6.45, 7) is 6.88. The van der Waals surface area contributed by atoms with E-state index in [0.29, 0.717) is 0 Å². The van der Waals surface area contributed by atoms with Crippen molar-refractivity contribution in [3.05, 3.63) is 357 Å². The fraction of sp³-hybridized carbons (Fsp3) is 0.0426. The third-order valence-electron chi connectivity index (χ3n) is 20.2. The average molecular weight is 1250 g/mol. The molecular weight excluding hydrogens is 1180 g/mol. The van der Waals surface area contributed by atoms with Gasteiger partial charge >= 0.3 is 0 Å². The Kier molecular flexibility index (Phi) is 14.2. The van der Waals surface area contributed by atoms with Gasteiger partial charge in [0.2, 0.25) is 0 Å². The van der Waals surface area contributed by atoms with Gasteiger partial charge < -0.3 is 14.2 Å². The summed E-state index contributed by atoms with van der Waals surface area (Å²) in [6, 6.07) is 131. The lowest BCUT2D eigenvalue weighted by atomic mass is 9.33. The van der Waals surface area contributed by atoms with Crippen molar-refractivity contribution in [2.24, 2.45) is 0 Å². The largest absolute Gasteiger partial charge is 0.455 e. The van der Waals surface area contributed by atoms with Crippen LogP contribution in [-0.2, 0) is 5.41 Å². The van der Waals surface area contributed by atoms with Gasteiger partial charge in [0.25, 0.3) is 6.71 Å². The lowest BCUT2D eigenvalue weighted by Gasteiger charge is -2.46. The van der Waals surface area contributed by atoms with Crippen LogP contribution in [0.5, 0.6) is 0 Å². The first-order valence-corrected chi connectivity index (χ1v) is 34.1. The molecular formula is C94H67BN2O. The highest BCUT2D eigenvalue weighted by atomic mass is 16.3. The molecule has 2 aliphatic rings. The highest BCUT2D eigenvalue weighted by Crippen LogP contribution is 2.55. The molecule has 0 bridgehead atoms. The summed E-state index contributed by atoms with van der Waals surface area (Å²) < 4.78 is 7.12. The second-order valence-corrected chi connectivity index (χ2v) is 27.1. The van der Waals surface area contributed by atoms with Crippen LogP contribution in [0.2, 0.25) is 0 Å². The van der Waals surface area contributed by atoms with Crippen molar-refractivity contribution in [1.29, 1.82) is 0 Å². The van der Waals surface area contributed by atoms with Crippen molar-refractivity contribution in [3.8, 4) is 100 Å². The van der Waals surface area contributed by atoms with Crippen molar-refractivity contribution in [2.45, 2.75) is 26.2 Å². The standard InChI is InChI=1S/C94H67BN2O/c1-94(2,3)75-60-87-90-88(61-75)97(92-78(74-42-23-39-69(57-74)64-31-13-6-14-32-64)46-25-47-80(92)82-49-26-48-81-79-43-19-20-50-89(79)98-93(81)82)86-54-52-71(66-35-17-8-18-36-66)59-84(86)95(90)83-58-70(65-33-15-7-16-34-65)51-53-85(83)96(87)91-76(72-40-21-37-67(55-72)62-27-9-4-10-28-62)44-24-45-77(91)73-41-22-38-68(56-73)63-29-11-5-12-30-63/h4-61H,1-3H3. The molecule has 3 nitrogen and oxygen atoms in total. The van der Waals surface area contributed by atoms with Crippen LogP contribution < -0.4 is 26.2 Å². The number of furan rings is 1. The smallest absolute Gasteiger partial charge is 0.252 e. The van der Waals surface area contributed by atoms with Crippen molar-refractivity contribution in [2.75, 3.05) is 9.80 Å². The van der Waals surface area contributed by atoms with Crippen molar-refractivity contribution >= 4 is 79.2 Å². The molecule has 15 aromatic carbocycles. The van der Waals surface area contributed by atoms with Gasteiger partial charge in [0.15, 0.2) is 0 Å². The summed E-state index contributed by atoms with van der Waals surface area (Å²) in [5, 5.41) is 2.18. The monoisotopic (exact) mass is 1250 g/mol. The molecule has 0 unspecified atom stereocenters. The number of para-hydroxylation sites is 4. The molecule has 0 fully saturated rings. The first-order valence-electron chi connectivity index (χ1n) is 34.1.